The lowest BCUT2D eigenvalue weighted by Crippen LogP contribution is -2.11. The molecular weight excluding hydrogens is 360 g/mol. The highest BCUT2D eigenvalue weighted by molar-refractivity contribution is 6.17. The van der Waals surface area contributed by atoms with E-state index in [0.717, 1.165) is 18.2 Å². The number of amides is 1. The molecule has 3 nitrogen and oxygen atoms in total. The fourth-order valence-electron chi connectivity index (χ4n) is 3.26. The summed E-state index contributed by atoms with van der Waals surface area (Å²) in [6.07, 6.45) is 0. The van der Waals surface area contributed by atoms with Gasteiger partial charge in [-0.05, 0) is 36.4 Å². The molecule has 4 aromatic rings. The van der Waals surface area contributed by atoms with Gasteiger partial charge in [0, 0.05) is 21.9 Å². The maximum atomic E-state index is 14.2. The van der Waals surface area contributed by atoms with Crippen LogP contribution in [0.3, 0.4) is 0 Å². The number of carbonyl (C=O) groups excluding carboxylic acids is 1. The highest BCUT2D eigenvalue weighted by atomic mass is 19.2. The second kappa shape index (κ2) is 6.12. The monoisotopic (exact) mass is 371 g/mol. The van der Waals surface area contributed by atoms with Crippen LogP contribution in [0.25, 0.3) is 21.8 Å². The standard InChI is InChI=1S/C20H11F4N2O/c21-11-5-6-12-16(8-11)26(9-10-4-7-14(22)19(24)18(10)23)15-3-1-2-13(17(12)15)20(25)27/h1-5,7-8H,9H2,(H2,25,27). The van der Waals surface area contributed by atoms with Gasteiger partial charge in [-0.1, -0.05) is 12.1 Å². The Bertz CT molecular complexity index is 1230. The summed E-state index contributed by atoms with van der Waals surface area (Å²) in [6, 6.07) is 11.8. The molecule has 1 heterocycles. The first kappa shape index (κ1) is 17.1. The Morgan fingerprint density at radius 2 is 1.81 bits per heavy atom. The van der Waals surface area contributed by atoms with E-state index in [-0.39, 0.29) is 17.7 Å². The fraction of sp³-hybridized carbons (Fsp3) is 0.0500. The van der Waals surface area contributed by atoms with Crippen molar-refractivity contribution in [2.24, 2.45) is 5.73 Å². The summed E-state index contributed by atoms with van der Waals surface area (Å²) < 4.78 is 56.3. The van der Waals surface area contributed by atoms with E-state index in [4.69, 9.17) is 5.73 Å². The van der Waals surface area contributed by atoms with Gasteiger partial charge in [-0.3, -0.25) is 4.79 Å². The van der Waals surface area contributed by atoms with Crippen molar-refractivity contribution in [3.63, 3.8) is 0 Å². The number of carbonyl (C=O) groups is 1. The Labute approximate surface area is 150 Å². The summed E-state index contributed by atoms with van der Waals surface area (Å²) in [5, 5.41) is 0.854. The maximum Gasteiger partial charge on any atom is 0.249 e. The van der Waals surface area contributed by atoms with Crippen LogP contribution in [-0.2, 0) is 6.54 Å². The normalized spacial score (nSPS) is 11.4. The predicted molar refractivity (Wildman–Crippen MR) is 92.2 cm³/mol. The van der Waals surface area contributed by atoms with Crippen molar-refractivity contribution in [3.8, 4) is 0 Å². The number of fused-ring (bicyclic) bond motifs is 3. The van der Waals surface area contributed by atoms with E-state index in [2.05, 4.69) is 6.07 Å². The Morgan fingerprint density at radius 1 is 1.04 bits per heavy atom. The van der Waals surface area contributed by atoms with Gasteiger partial charge in [0.2, 0.25) is 5.91 Å². The summed E-state index contributed by atoms with van der Waals surface area (Å²) in [4.78, 5) is 11.8. The topological polar surface area (TPSA) is 48.0 Å². The lowest BCUT2D eigenvalue weighted by Gasteiger charge is -2.10. The highest BCUT2D eigenvalue weighted by Gasteiger charge is 2.19. The van der Waals surface area contributed by atoms with Crippen LogP contribution >= 0.6 is 0 Å². The van der Waals surface area contributed by atoms with Gasteiger partial charge in [-0.2, -0.15) is 0 Å². The summed E-state index contributed by atoms with van der Waals surface area (Å²) in [7, 11) is 0. The average molecular weight is 371 g/mol. The number of halogens is 4. The van der Waals surface area contributed by atoms with Gasteiger partial charge in [-0.25, -0.2) is 17.6 Å². The number of nitrogens with two attached hydrogens (primary N) is 1. The SMILES string of the molecule is NC(=O)c1cccc2c1c1[c]cc(F)cc1n2Cc1ccc(F)c(F)c1F. The maximum absolute atomic E-state index is 14.2. The molecule has 0 spiro atoms. The Hall–Kier alpha value is -3.35. The van der Waals surface area contributed by atoms with E-state index in [9.17, 15) is 22.4 Å². The molecule has 0 aliphatic rings. The van der Waals surface area contributed by atoms with Gasteiger partial charge >= 0.3 is 0 Å². The van der Waals surface area contributed by atoms with Crippen molar-refractivity contribution in [2.75, 3.05) is 0 Å². The van der Waals surface area contributed by atoms with Crippen molar-refractivity contribution in [1.29, 1.82) is 0 Å². The lowest BCUT2D eigenvalue weighted by molar-refractivity contribution is 0.100. The molecular formula is C20H11F4N2O. The fourth-order valence-corrected chi connectivity index (χ4v) is 3.26. The Kier molecular flexibility index (Phi) is 3.87. The lowest BCUT2D eigenvalue weighted by atomic mass is 10.1. The van der Waals surface area contributed by atoms with Crippen LogP contribution in [0, 0.1) is 29.3 Å². The molecule has 0 saturated heterocycles. The third kappa shape index (κ3) is 2.63. The van der Waals surface area contributed by atoms with Crippen LogP contribution in [0.2, 0.25) is 0 Å². The minimum Gasteiger partial charge on any atom is -0.366 e. The molecule has 27 heavy (non-hydrogen) atoms. The number of rotatable bonds is 3. The summed E-state index contributed by atoms with van der Waals surface area (Å²) in [5.74, 6) is -5.47. The molecule has 0 aliphatic carbocycles. The molecule has 3 aromatic carbocycles. The van der Waals surface area contributed by atoms with Gasteiger partial charge in [0.05, 0.1) is 17.6 Å². The number of benzene rings is 3. The molecule has 0 bridgehead atoms. The molecule has 2 N–H and O–H groups in total. The van der Waals surface area contributed by atoms with Crippen molar-refractivity contribution in [1.82, 2.24) is 4.57 Å². The van der Waals surface area contributed by atoms with Crippen LogP contribution in [0.15, 0.2) is 42.5 Å². The molecule has 0 unspecified atom stereocenters. The minimum absolute atomic E-state index is 0.124. The van der Waals surface area contributed by atoms with Gasteiger partial charge in [-0.15, -0.1) is 0 Å². The van der Waals surface area contributed by atoms with Crippen LogP contribution in [0.5, 0.6) is 0 Å². The zero-order valence-electron chi connectivity index (χ0n) is 13.7. The molecule has 0 fully saturated rings. The third-order valence-corrected chi connectivity index (χ3v) is 4.47. The van der Waals surface area contributed by atoms with Gasteiger partial charge < -0.3 is 10.3 Å². The smallest absolute Gasteiger partial charge is 0.249 e. The van der Waals surface area contributed by atoms with Crippen LogP contribution in [-0.4, -0.2) is 10.5 Å². The highest BCUT2D eigenvalue weighted by Crippen LogP contribution is 2.33. The number of aromatic nitrogens is 1. The first-order chi connectivity index (χ1) is 12.9. The summed E-state index contributed by atoms with van der Waals surface area (Å²) in [6.45, 7) is -0.206. The van der Waals surface area contributed by atoms with Crippen LogP contribution in [0.4, 0.5) is 17.6 Å². The number of nitrogens with zero attached hydrogens (tertiary/aromatic N) is 1. The van der Waals surface area contributed by atoms with Gasteiger partial charge in [0.25, 0.3) is 0 Å². The molecule has 0 saturated carbocycles. The average Bonchev–Trinajstić information content (AvgIpc) is 2.95. The summed E-state index contributed by atoms with van der Waals surface area (Å²) >= 11 is 0. The molecule has 1 radical (unpaired) electrons. The minimum atomic E-state index is -1.58. The van der Waals surface area contributed by atoms with Crippen LogP contribution < -0.4 is 5.73 Å². The van der Waals surface area contributed by atoms with E-state index in [1.165, 1.54) is 16.7 Å². The molecule has 7 heteroatoms. The Morgan fingerprint density at radius 3 is 2.56 bits per heavy atom. The number of hydrogen-bond donors (Lipinski definition) is 1. The molecule has 0 aliphatic heterocycles. The zero-order chi connectivity index (χ0) is 19.3. The van der Waals surface area contributed by atoms with Crippen molar-refractivity contribution >= 4 is 27.7 Å². The van der Waals surface area contributed by atoms with Gasteiger partial charge in [0.15, 0.2) is 17.5 Å². The second-order valence-corrected chi connectivity index (χ2v) is 6.06. The number of primary amides is 1. The third-order valence-electron chi connectivity index (χ3n) is 4.47. The molecule has 4 rings (SSSR count). The van der Waals surface area contributed by atoms with E-state index in [0.29, 0.717) is 21.8 Å². The van der Waals surface area contributed by atoms with Crippen molar-refractivity contribution in [3.05, 3.63) is 82.9 Å². The Balaban J connectivity index is 2.05. The quantitative estimate of drug-likeness (QED) is 0.424. The second-order valence-electron chi connectivity index (χ2n) is 6.06. The van der Waals surface area contributed by atoms with E-state index >= 15 is 0 Å². The molecule has 135 valence electrons. The first-order valence-corrected chi connectivity index (χ1v) is 7.93. The first-order valence-electron chi connectivity index (χ1n) is 7.93. The van der Waals surface area contributed by atoms with Crippen molar-refractivity contribution < 1.29 is 22.4 Å². The molecule has 1 amide bonds. The summed E-state index contributed by atoms with van der Waals surface area (Å²) in [5.41, 5.74) is 6.30. The zero-order valence-corrected chi connectivity index (χ0v) is 13.7. The van der Waals surface area contributed by atoms with E-state index in [1.54, 1.807) is 12.1 Å². The van der Waals surface area contributed by atoms with Gasteiger partial charge in [0.1, 0.15) is 5.82 Å². The number of hydrogen-bond acceptors (Lipinski definition) is 1. The largest absolute Gasteiger partial charge is 0.366 e. The molecule has 0 atom stereocenters. The predicted octanol–water partition coefficient (Wildman–Crippen LogP) is 4.30. The van der Waals surface area contributed by atoms with E-state index in [1.807, 2.05) is 0 Å². The van der Waals surface area contributed by atoms with E-state index < -0.39 is 29.2 Å². The van der Waals surface area contributed by atoms with Crippen LogP contribution in [0.1, 0.15) is 15.9 Å². The molecule has 1 aromatic heterocycles. The van der Waals surface area contributed by atoms with Crippen molar-refractivity contribution in [2.45, 2.75) is 6.54 Å².